The van der Waals surface area contributed by atoms with E-state index in [0.29, 0.717) is 0 Å². The number of methoxy groups -OCH3 is 1. The van der Waals surface area contributed by atoms with Crippen molar-refractivity contribution in [2.45, 2.75) is 43.7 Å². The molecule has 3 aromatic rings. The van der Waals surface area contributed by atoms with Crippen LogP contribution in [0.5, 0.6) is 5.75 Å². The number of aromatic nitrogens is 2. The predicted molar refractivity (Wildman–Crippen MR) is 119 cm³/mol. The molecule has 0 amide bonds. The number of benzene rings is 1. The Morgan fingerprint density at radius 3 is 2.36 bits per heavy atom. The molecule has 0 unspecified atom stereocenters. The molecule has 0 aliphatic heterocycles. The molecule has 1 aromatic carbocycles. The number of rotatable bonds is 5. The minimum Gasteiger partial charge on any atom is -0.497 e. The van der Waals surface area contributed by atoms with E-state index in [-0.39, 0.29) is 5.41 Å². The van der Waals surface area contributed by atoms with Crippen molar-refractivity contribution in [3.63, 3.8) is 0 Å². The number of hydrogen-bond donors (Lipinski definition) is 2. The Labute approximate surface area is 189 Å². The first-order valence-corrected chi connectivity index (χ1v) is 10.6. The molecule has 2 heterocycles. The lowest BCUT2D eigenvalue weighted by atomic mass is 9.69. The van der Waals surface area contributed by atoms with Crippen molar-refractivity contribution >= 4 is 22.6 Å². The molecular formula is C24H26F3N3O3. The maximum absolute atomic E-state index is 10.6. The third-order valence-corrected chi connectivity index (χ3v) is 5.92. The quantitative estimate of drug-likeness (QED) is 0.516. The third-order valence-electron chi connectivity index (χ3n) is 5.92. The number of ether oxygens (including phenoxy) is 1. The van der Waals surface area contributed by atoms with Crippen molar-refractivity contribution in [1.82, 2.24) is 9.97 Å². The van der Waals surface area contributed by atoms with Gasteiger partial charge in [-0.15, -0.1) is 0 Å². The standard InChI is InChI=1S/C22H25N3O.C2HF3O2/c1-26-18-7-5-17(6-8-18)22(11-3-2-4-12-22)16-25-21-10-14-24-20-9-13-23-15-19(20)21;3-2(4,5)1(6)7/h5-10,13-15H,2-4,11-12,16H2,1H3,(H,24,25);(H,6,7). The highest BCUT2D eigenvalue weighted by Crippen LogP contribution is 2.40. The Morgan fingerprint density at radius 1 is 1.09 bits per heavy atom. The van der Waals surface area contributed by atoms with Gasteiger partial charge in [0.2, 0.25) is 0 Å². The zero-order chi connectivity index (χ0) is 23.9. The molecule has 1 aliphatic carbocycles. The van der Waals surface area contributed by atoms with E-state index < -0.39 is 12.1 Å². The number of aliphatic carboxylic acids is 1. The molecule has 6 nitrogen and oxygen atoms in total. The molecule has 176 valence electrons. The van der Waals surface area contributed by atoms with Gasteiger partial charge >= 0.3 is 12.1 Å². The molecule has 2 N–H and O–H groups in total. The number of hydrogen-bond acceptors (Lipinski definition) is 5. The summed E-state index contributed by atoms with van der Waals surface area (Å²) in [6, 6.07) is 12.6. The van der Waals surface area contributed by atoms with Gasteiger partial charge in [-0.05, 0) is 42.7 Å². The van der Waals surface area contributed by atoms with Gasteiger partial charge < -0.3 is 15.2 Å². The summed E-state index contributed by atoms with van der Waals surface area (Å²) >= 11 is 0. The molecule has 0 bridgehead atoms. The van der Waals surface area contributed by atoms with Crippen LogP contribution in [0.4, 0.5) is 18.9 Å². The molecule has 0 atom stereocenters. The van der Waals surface area contributed by atoms with Gasteiger partial charge in [-0.3, -0.25) is 9.97 Å². The van der Waals surface area contributed by atoms with Crippen LogP contribution >= 0.6 is 0 Å². The smallest absolute Gasteiger partial charge is 0.490 e. The summed E-state index contributed by atoms with van der Waals surface area (Å²) in [7, 11) is 1.72. The van der Waals surface area contributed by atoms with Gasteiger partial charge in [0.1, 0.15) is 5.75 Å². The van der Waals surface area contributed by atoms with E-state index in [9.17, 15) is 13.2 Å². The first kappa shape index (κ1) is 24.3. The van der Waals surface area contributed by atoms with Gasteiger partial charge in [-0.25, -0.2) is 4.79 Å². The van der Waals surface area contributed by atoms with E-state index in [1.54, 1.807) is 13.3 Å². The summed E-state index contributed by atoms with van der Waals surface area (Å²) < 4.78 is 37.1. The molecule has 0 saturated heterocycles. The Bertz CT molecular complexity index is 1060. The Balaban J connectivity index is 0.000000383. The largest absolute Gasteiger partial charge is 0.497 e. The highest BCUT2D eigenvalue weighted by atomic mass is 19.4. The minimum absolute atomic E-state index is 0.169. The summed E-state index contributed by atoms with van der Waals surface area (Å²) in [4.78, 5) is 17.6. The van der Waals surface area contributed by atoms with Crippen LogP contribution in [-0.2, 0) is 10.2 Å². The fourth-order valence-electron chi connectivity index (χ4n) is 4.15. The monoisotopic (exact) mass is 461 g/mol. The van der Waals surface area contributed by atoms with Crippen LogP contribution in [-0.4, -0.2) is 40.9 Å². The van der Waals surface area contributed by atoms with Gasteiger partial charge in [0.05, 0.1) is 12.6 Å². The lowest BCUT2D eigenvalue weighted by Gasteiger charge is -2.38. The number of nitrogens with one attached hydrogen (secondary N) is 1. The summed E-state index contributed by atoms with van der Waals surface area (Å²) in [6.45, 7) is 0.924. The number of carboxylic acids is 1. The number of carboxylic acid groups (broad SMARTS) is 1. The molecule has 4 rings (SSSR count). The second kappa shape index (κ2) is 10.5. The zero-order valence-electron chi connectivity index (χ0n) is 18.2. The molecule has 0 spiro atoms. The third kappa shape index (κ3) is 6.12. The number of alkyl halides is 3. The van der Waals surface area contributed by atoms with Crippen molar-refractivity contribution in [3.05, 3.63) is 60.6 Å². The summed E-state index contributed by atoms with van der Waals surface area (Å²) in [5, 5.41) is 11.9. The number of carbonyl (C=O) groups is 1. The van der Waals surface area contributed by atoms with E-state index >= 15 is 0 Å². The van der Waals surface area contributed by atoms with Crippen molar-refractivity contribution < 1.29 is 27.8 Å². The lowest BCUT2D eigenvalue weighted by molar-refractivity contribution is -0.192. The second-order valence-electron chi connectivity index (χ2n) is 7.98. The zero-order valence-corrected chi connectivity index (χ0v) is 18.2. The van der Waals surface area contributed by atoms with E-state index in [1.165, 1.54) is 37.7 Å². The van der Waals surface area contributed by atoms with Crippen molar-refractivity contribution in [2.75, 3.05) is 19.0 Å². The van der Waals surface area contributed by atoms with Crippen molar-refractivity contribution in [1.29, 1.82) is 0 Å². The van der Waals surface area contributed by atoms with Gasteiger partial charge in [0.15, 0.2) is 0 Å². The average Bonchev–Trinajstić information content (AvgIpc) is 2.83. The van der Waals surface area contributed by atoms with Gasteiger partial charge in [-0.2, -0.15) is 13.2 Å². The van der Waals surface area contributed by atoms with E-state index in [0.717, 1.165) is 28.9 Å². The fourth-order valence-corrected chi connectivity index (χ4v) is 4.15. The Morgan fingerprint density at radius 2 is 1.76 bits per heavy atom. The van der Waals surface area contributed by atoms with Gasteiger partial charge in [0, 0.05) is 41.6 Å². The van der Waals surface area contributed by atoms with Crippen LogP contribution in [0.25, 0.3) is 10.9 Å². The topological polar surface area (TPSA) is 84.3 Å². The highest BCUT2D eigenvalue weighted by molar-refractivity contribution is 5.90. The number of fused-ring (bicyclic) bond motifs is 1. The van der Waals surface area contributed by atoms with Crippen LogP contribution in [0.2, 0.25) is 0 Å². The lowest BCUT2D eigenvalue weighted by Crippen LogP contribution is -2.36. The summed E-state index contributed by atoms with van der Waals surface area (Å²) in [5.41, 5.74) is 3.66. The molecule has 1 saturated carbocycles. The first-order valence-electron chi connectivity index (χ1n) is 10.6. The second-order valence-corrected chi connectivity index (χ2v) is 7.98. The number of halogens is 3. The van der Waals surface area contributed by atoms with Gasteiger partial charge in [0.25, 0.3) is 0 Å². The normalized spacial score (nSPS) is 15.3. The molecule has 9 heteroatoms. The molecule has 2 aromatic heterocycles. The van der Waals surface area contributed by atoms with Crippen LogP contribution < -0.4 is 10.1 Å². The number of nitrogens with zero attached hydrogens (tertiary/aromatic N) is 2. The first-order chi connectivity index (χ1) is 15.7. The molecule has 1 fully saturated rings. The SMILES string of the molecule is COc1ccc(C2(CNc3ccnc4ccncc34)CCCCC2)cc1.O=C(O)C(F)(F)F. The fraction of sp³-hybridized carbons (Fsp3) is 0.375. The maximum atomic E-state index is 10.6. The van der Waals surface area contributed by atoms with E-state index in [2.05, 4.69) is 45.6 Å². The summed E-state index contributed by atoms with van der Waals surface area (Å²) in [5.74, 6) is -1.84. The van der Waals surface area contributed by atoms with Crippen LogP contribution in [0, 0.1) is 0 Å². The maximum Gasteiger partial charge on any atom is 0.490 e. The molecule has 1 aliphatic rings. The Kier molecular flexibility index (Phi) is 7.73. The predicted octanol–water partition coefficient (Wildman–Crippen LogP) is 5.59. The van der Waals surface area contributed by atoms with E-state index in [4.69, 9.17) is 14.6 Å². The van der Waals surface area contributed by atoms with Crippen LogP contribution in [0.1, 0.15) is 37.7 Å². The van der Waals surface area contributed by atoms with E-state index in [1.807, 2.05) is 18.5 Å². The van der Waals surface area contributed by atoms with Crippen LogP contribution in [0.3, 0.4) is 0 Å². The molecule has 33 heavy (non-hydrogen) atoms. The minimum atomic E-state index is -5.08. The number of pyridine rings is 2. The highest BCUT2D eigenvalue weighted by Gasteiger charge is 2.38. The Hall–Kier alpha value is -3.36. The summed E-state index contributed by atoms with van der Waals surface area (Å²) in [6.07, 6.45) is 6.80. The van der Waals surface area contributed by atoms with Crippen molar-refractivity contribution in [3.8, 4) is 5.75 Å². The van der Waals surface area contributed by atoms with Crippen LogP contribution in [0.15, 0.2) is 55.0 Å². The average molecular weight is 461 g/mol. The molecule has 0 radical (unpaired) electrons. The molecular weight excluding hydrogens is 435 g/mol. The number of anilines is 1. The van der Waals surface area contributed by atoms with Crippen molar-refractivity contribution in [2.24, 2.45) is 0 Å². The van der Waals surface area contributed by atoms with Gasteiger partial charge in [-0.1, -0.05) is 31.4 Å².